The van der Waals surface area contributed by atoms with Gasteiger partial charge in [-0.15, -0.1) is 9.24 Å². The molecule has 1 aromatic rings. The number of hydrogen-bond donors (Lipinski definition) is 0. The molecule has 0 saturated carbocycles. The molecule has 25 heavy (non-hydrogen) atoms. The lowest BCUT2D eigenvalue weighted by Crippen LogP contribution is -2.09. The van der Waals surface area contributed by atoms with Crippen LogP contribution >= 0.6 is 9.24 Å². The first-order chi connectivity index (χ1) is 12.0. The van der Waals surface area contributed by atoms with Gasteiger partial charge in [0.1, 0.15) is 0 Å². The van der Waals surface area contributed by atoms with Gasteiger partial charge >= 0.3 is 0 Å². The molecule has 0 spiro atoms. The summed E-state index contributed by atoms with van der Waals surface area (Å²) in [7, 11) is 2.85. The van der Waals surface area contributed by atoms with E-state index in [4.69, 9.17) is 4.99 Å². The van der Waals surface area contributed by atoms with Crippen LogP contribution in [0.25, 0.3) is 5.57 Å². The molecule has 0 aromatic heterocycles. The SMILES string of the molecule is C=C1/C=C\C=C/CC(/N=C/C=C\C=C\C(C)C)c2cc(C)cc(P)c21. The Morgan fingerprint density at radius 1 is 1.20 bits per heavy atom. The van der Waals surface area contributed by atoms with E-state index in [0.717, 1.165) is 12.0 Å². The molecule has 0 radical (unpaired) electrons. The Morgan fingerprint density at radius 2 is 2.00 bits per heavy atom. The van der Waals surface area contributed by atoms with Crippen molar-refractivity contribution in [2.24, 2.45) is 10.9 Å². The van der Waals surface area contributed by atoms with E-state index in [2.05, 4.69) is 85.2 Å². The van der Waals surface area contributed by atoms with E-state index in [9.17, 15) is 0 Å². The number of hydrogen-bond acceptors (Lipinski definition) is 1. The number of rotatable bonds is 4. The van der Waals surface area contributed by atoms with Crippen molar-refractivity contribution in [3.8, 4) is 0 Å². The molecule has 2 atom stereocenters. The predicted molar refractivity (Wildman–Crippen MR) is 117 cm³/mol. The summed E-state index contributed by atoms with van der Waals surface area (Å²) in [4.78, 5) is 4.83. The number of fused-ring (bicyclic) bond motifs is 1. The summed E-state index contributed by atoms with van der Waals surface area (Å²) in [6, 6.07) is 4.53. The van der Waals surface area contributed by atoms with Gasteiger partial charge in [0.15, 0.2) is 0 Å². The fourth-order valence-corrected chi connectivity index (χ4v) is 3.45. The van der Waals surface area contributed by atoms with E-state index in [0.29, 0.717) is 5.92 Å². The normalized spacial score (nSPS) is 20.8. The number of allylic oxidation sites excluding steroid dienone is 8. The Labute approximate surface area is 154 Å². The number of aryl methyl sites for hydroxylation is 1. The molecule has 0 heterocycles. The van der Waals surface area contributed by atoms with Gasteiger partial charge in [0.25, 0.3) is 0 Å². The summed E-state index contributed by atoms with van der Waals surface area (Å²) in [5.41, 5.74) is 4.72. The van der Waals surface area contributed by atoms with Crippen LogP contribution in [0.1, 0.15) is 43.0 Å². The summed E-state index contributed by atoms with van der Waals surface area (Å²) < 4.78 is 0. The molecule has 0 aliphatic heterocycles. The Hall–Kier alpha value is -1.98. The van der Waals surface area contributed by atoms with Crippen molar-refractivity contribution in [3.05, 3.63) is 84.0 Å². The largest absolute Gasteiger partial charge is 0.285 e. The molecular weight excluding hydrogens is 321 g/mol. The van der Waals surface area contributed by atoms with Crippen molar-refractivity contribution in [2.45, 2.75) is 33.2 Å². The van der Waals surface area contributed by atoms with Gasteiger partial charge in [0.2, 0.25) is 0 Å². The zero-order chi connectivity index (χ0) is 18.2. The molecule has 0 N–H and O–H groups in total. The van der Waals surface area contributed by atoms with Gasteiger partial charge in [-0.1, -0.05) is 80.7 Å². The van der Waals surface area contributed by atoms with Gasteiger partial charge in [-0.05, 0) is 47.3 Å². The lowest BCUT2D eigenvalue weighted by molar-refractivity contribution is 0.746. The van der Waals surface area contributed by atoms with Crippen LogP contribution in [-0.2, 0) is 0 Å². The average molecular weight is 349 g/mol. The fraction of sp³-hybridized carbons (Fsp3) is 0.261. The van der Waals surface area contributed by atoms with E-state index in [1.165, 1.54) is 22.0 Å². The maximum absolute atomic E-state index is 4.83. The summed E-state index contributed by atoms with van der Waals surface area (Å²) >= 11 is 0. The predicted octanol–water partition coefficient (Wildman–Crippen LogP) is 5.91. The standard InChI is InChI=1S/C23H28NP/c1-17(2)11-7-6-10-14-24-21-13-9-5-8-12-19(4)23-20(21)15-18(3)16-22(23)25/h5-12,14-17,21H,4,13,25H2,1-3H3/b9-5-,10-6-,11-7+,12-8-,24-14+. The molecule has 2 unspecified atom stereocenters. The molecular formula is C23H28NP. The Balaban J connectivity index is 2.35. The van der Waals surface area contributed by atoms with Crippen LogP contribution < -0.4 is 5.30 Å². The summed E-state index contributed by atoms with van der Waals surface area (Å²) in [6.45, 7) is 10.7. The maximum Gasteiger partial charge on any atom is 0.0789 e. The van der Waals surface area contributed by atoms with Gasteiger partial charge in [0.05, 0.1) is 6.04 Å². The minimum Gasteiger partial charge on any atom is -0.285 e. The highest BCUT2D eigenvalue weighted by molar-refractivity contribution is 7.27. The molecule has 2 heteroatoms. The Bertz CT molecular complexity index is 761. The minimum atomic E-state index is 0.0980. The molecule has 0 amide bonds. The average Bonchev–Trinajstić information content (AvgIpc) is 2.60. The van der Waals surface area contributed by atoms with Crippen LogP contribution in [0.3, 0.4) is 0 Å². The zero-order valence-corrected chi connectivity index (χ0v) is 16.6. The van der Waals surface area contributed by atoms with Gasteiger partial charge in [-0.25, -0.2) is 0 Å². The van der Waals surface area contributed by atoms with Gasteiger partial charge in [0, 0.05) is 6.21 Å². The Kier molecular flexibility index (Phi) is 7.34. The maximum atomic E-state index is 4.83. The van der Waals surface area contributed by atoms with Crippen molar-refractivity contribution in [3.63, 3.8) is 0 Å². The highest BCUT2D eigenvalue weighted by atomic mass is 31.0. The van der Waals surface area contributed by atoms with Crippen molar-refractivity contribution < 1.29 is 0 Å². The number of benzene rings is 1. The third-order valence-electron chi connectivity index (χ3n) is 4.00. The summed E-state index contributed by atoms with van der Waals surface area (Å²) in [6.07, 6.45) is 19.4. The second-order valence-electron chi connectivity index (χ2n) is 6.69. The minimum absolute atomic E-state index is 0.0980. The molecule has 1 aromatic carbocycles. The van der Waals surface area contributed by atoms with Crippen molar-refractivity contribution in [1.82, 2.24) is 0 Å². The van der Waals surface area contributed by atoms with Crippen molar-refractivity contribution in [1.29, 1.82) is 0 Å². The molecule has 0 bridgehead atoms. The van der Waals surface area contributed by atoms with Gasteiger partial charge in [-0.2, -0.15) is 0 Å². The van der Waals surface area contributed by atoms with E-state index in [1.807, 2.05) is 18.4 Å². The summed E-state index contributed by atoms with van der Waals surface area (Å²) in [5, 5.41) is 1.18. The fourth-order valence-electron chi connectivity index (χ4n) is 2.84. The molecule has 2 rings (SSSR count). The topological polar surface area (TPSA) is 12.4 Å². The quantitative estimate of drug-likeness (QED) is 0.364. The first-order valence-electron chi connectivity index (χ1n) is 8.78. The van der Waals surface area contributed by atoms with Crippen LogP contribution in [0.4, 0.5) is 0 Å². The van der Waals surface area contributed by atoms with Crippen LogP contribution in [0.2, 0.25) is 0 Å². The van der Waals surface area contributed by atoms with Crippen molar-refractivity contribution >= 4 is 26.3 Å². The van der Waals surface area contributed by atoms with Gasteiger partial charge in [-0.3, -0.25) is 4.99 Å². The first-order valence-corrected chi connectivity index (χ1v) is 9.36. The number of nitrogens with zero attached hydrogens (tertiary/aromatic N) is 1. The molecule has 0 fully saturated rings. The van der Waals surface area contributed by atoms with Crippen LogP contribution in [0.15, 0.2) is 72.3 Å². The van der Waals surface area contributed by atoms with E-state index in [-0.39, 0.29) is 6.04 Å². The monoisotopic (exact) mass is 349 g/mol. The first kappa shape index (κ1) is 19.3. The van der Waals surface area contributed by atoms with Crippen LogP contribution in [0.5, 0.6) is 0 Å². The number of aliphatic imine (C=N–C) groups is 1. The molecule has 1 aliphatic rings. The van der Waals surface area contributed by atoms with Crippen molar-refractivity contribution in [2.75, 3.05) is 0 Å². The molecule has 130 valence electrons. The second kappa shape index (κ2) is 9.49. The van der Waals surface area contributed by atoms with E-state index >= 15 is 0 Å². The highest BCUT2D eigenvalue weighted by Crippen LogP contribution is 2.31. The van der Waals surface area contributed by atoms with E-state index in [1.54, 1.807) is 0 Å². The lowest BCUT2D eigenvalue weighted by atomic mass is 9.92. The summed E-state index contributed by atoms with van der Waals surface area (Å²) in [5.74, 6) is 0.565. The van der Waals surface area contributed by atoms with E-state index < -0.39 is 0 Å². The highest BCUT2D eigenvalue weighted by Gasteiger charge is 2.17. The molecule has 1 nitrogen and oxygen atoms in total. The van der Waals surface area contributed by atoms with Gasteiger partial charge < -0.3 is 0 Å². The second-order valence-corrected chi connectivity index (χ2v) is 7.32. The zero-order valence-electron chi connectivity index (χ0n) is 15.4. The third kappa shape index (κ3) is 5.80. The smallest absolute Gasteiger partial charge is 0.0789 e. The molecule has 1 aliphatic carbocycles. The van der Waals surface area contributed by atoms with Crippen LogP contribution in [0, 0.1) is 12.8 Å². The lowest BCUT2D eigenvalue weighted by Gasteiger charge is -2.19. The Morgan fingerprint density at radius 3 is 2.76 bits per heavy atom. The third-order valence-corrected chi connectivity index (χ3v) is 4.45. The van der Waals surface area contributed by atoms with Crippen LogP contribution in [-0.4, -0.2) is 6.21 Å². The molecule has 0 saturated heterocycles.